The highest BCUT2D eigenvalue weighted by molar-refractivity contribution is 5.53. The van der Waals surface area contributed by atoms with Gasteiger partial charge < -0.3 is 14.7 Å². The van der Waals surface area contributed by atoms with E-state index in [9.17, 15) is 0 Å². The van der Waals surface area contributed by atoms with E-state index in [1.54, 1.807) is 0 Å². The molecule has 0 aliphatic carbocycles. The van der Waals surface area contributed by atoms with Crippen LogP contribution in [0.1, 0.15) is 24.8 Å². The van der Waals surface area contributed by atoms with Crippen molar-refractivity contribution in [3.63, 3.8) is 0 Å². The van der Waals surface area contributed by atoms with Gasteiger partial charge in [-0.2, -0.15) is 10.2 Å². The van der Waals surface area contributed by atoms with Gasteiger partial charge >= 0.3 is 0 Å². The van der Waals surface area contributed by atoms with E-state index in [-0.39, 0.29) is 0 Å². The monoisotopic (exact) mass is 348 g/mol. The normalized spacial score (nSPS) is 17.9. The number of aromatic nitrogens is 2. The first kappa shape index (κ1) is 16.6. The lowest BCUT2D eigenvalue weighted by molar-refractivity contribution is 0.571. The molecule has 26 heavy (non-hydrogen) atoms. The highest BCUT2D eigenvalue weighted by Crippen LogP contribution is 2.22. The van der Waals surface area contributed by atoms with Crippen molar-refractivity contribution in [2.45, 2.75) is 19.3 Å². The van der Waals surface area contributed by atoms with E-state index in [1.165, 1.54) is 19.3 Å². The average Bonchev–Trinajstić information content (AvgIpc) is 2.75. The SMILES string of the molecule is N#Cc1cccc(N2CCN(c3nccc(N4CCCCC4)n3)CC2)c1. The molecule has 0 atom stereocenters. The van der Waals surface area contributed by atoms with Crippen molar-refractivity contribution < 1.29 is 0 Å². The van der Waals surface area contributed by atoms with E-state index in [2.05, 4.69) is 31.8 Å². The maximum atomic E-state index is 9.09. The van der Waals surface area contributed by atoms with Gasteiger partial charge in [-0.25, -0.2) is 4.98 Å². The van der Waals surface area contributed by atoms with Crippen molar-refractivity contribution in [2.24, 2.45) is 0 Å². The zero-order chi connectivity index (χ0) is 17.8. The minimum Gasteiger partial charge on any atom is -0.368 e. The molecule has 0 radical (unpaired) electrons. The molecular formula is C20H24N6. The van der Waals surface area contributed by atoms with E-state index < -0.39 is 0 Å². The van der Waals surface area contributed by atoms with Gasteiger partial charge in [0.25, 0.3) is 0 Å². The van der Waals surface area contributed by atoms with Crippen LogP contribution in [0.3, 0.4) is 0 Å². The lowest BCUT2D eigenvalue weighted by Gasteiger charge is -2.36. The Balaban J connectivity index is 1.42. The van der Waals surface area contributed by atoms with Crippen molar-refractivity contribution >= 4 is 17.5 Å². The first-order chi connectivity index (χ1) is 12.8. The Labute approximate surface area is 154 Å². The quantitative estimate of drug-likeness (QED) is 0.850. The van der Waals surface area contributed by atoms with Gasteiger partial charge in [-0.1, -0.05) is 6.07 Å². The first-order valence-corrected chi connectivity index (χ1v) is 9.41. The number of rotatable bonds is 3. The fourth-order valence-corrected chi connectivity index (χ4v) is 3.73. The lowest BCUT2D eigenvalue weighted by atomic mass is 10.1. The van der Waals surface area contributed by atoms with Crippen molar-refractivity contribution in [3.05, 3.63) is 42.1 Å². The summed E-state index contributed by atoms with van der Waals surface area (Å²) in [5, 5.41) is 9.09. The number of piperidine rings is 1. The van der Waals surface area contributed by atoms with Crippen molar-refractivity contribution in [1.82, 2.24) is 9.97 Å². The van der Waals surface area contributed by atoms with E-state index in [0.717, 1.165) is 56.7 Å². The maximum absolute atomic E-state index is 9.09. The summed E-state index contributed by atoms with van der Waals surface area (Å²) in [5.41, 5.74) is 1.83. The molecule has 3 heterocycles. The van der Waals surface area contributed by atoms with E-state index in [0.29, 0.717) is 5.56 Å². The van der Waals surface area contributed by atoms with Crippen LogP contribution in [0.5, 0.6) is 0 Å². The van der Waals surface area contributed by atoms with Gasteiger partial charge in [0.05, 0.1) is 11.6 Å². The summed E-state index contributed by atoms with van der Waals surface area (Å²) < 4.78 is 0. The molecule has 2 aliphatic rings. The standard InChI is InChI=1S/C20H24N6/c21-16-17-5-4-6-18(15-17)24-11-13-26(14-12-24)20-22-8-7-19(23-20)25-9-2-1-3-10-25/h4-8,15H,1-3,9-14H2. The Morgan fingerprint density at radius 1 is 0.846 bits per heavy atom. The summed E-state index contributed by atoms with van der Waals surface area (Å²) in [6, 6.07) is 12.1. The molecule has 0 N–H and O–H groups in total. The summed E-state index contributed by atoms with van der Waals surface area (Å²) in [7, 11) is 0. The largest absolute Gasteiger partial charge is 0.368 e. The minimum atomic E-state index is 0.711. The molecule has 1 aromatic carbocycles. The number of hydrogen-bond donors (Lipinski definition) is 0. The van der Waals surface area contributed by atoms with Crippen LogP contribution in [-0.2, 0) is 0 Å². The second-order valence-electron chi connectivity index (χ2n) is 6.90. The molecule has 2 saturated heterocycles. The van der Waals surface area contributed by atoms with Crippen LogP contribution in [0.4, 0.5) is 17.5 Å². The summed E-state index contributed by atoms with van der Waals surface area (Å²) in [5.74, 6) is 1.89. The van der Waals surface area contributed by atoms with Crippen LogP contribution < -0.4 is 14.7 Å². The Bertz CT molecular complexity index is 785. The molecule has 0 saturated carbocycles. The molecular weight excluding hydrogens is 324 g/mol. The fourth-order valence-electron chi connectivity index (χ4n) is 3.73. The Morgan fingerprint density at radius 2 is 1.62 bits per heavy atom. The molecule has 2 fully saturated rings. The van der Waals surface area contributed by atoms with Crippen molar-refractivity contribution in [1.29, 1.82) is 5.26 Å². The van der Waals surface area contributed by atoms with Gasteiger partial charge in [0.2, 0.25) is 5.95 Å². The third-order valence-electron chi connectivity index (χ3n) is 5.21. The average molecular weight is 348 g/mol. The minimum absolute atomic E-state index is 0.711. The predicted octanol–water partition coefficient (Wildman–Crippen LogP) is 2.67. The molecule has 2 aliphatic heterocycles. The number of piperazine rings is 1. The van der Waals surface area contributed by atoms with Gasteiger partial charge in [0.15, 0.2) is 0 Å². The molecule has 0 amide bonds. The number of nitriles is 1. The number of hydrogen-bond acceptors (Lipinski definition) is 6. The summed E-state index contributed by atoms with van der Waals surface area (Å²) in [6.07, 6.45) is 5.71. The van der Waals surface area contributed by atoms with E-state index >= 15 is 0 Å². The van der Waals surface area contributed by atoms with Crippen LogP contribution >= 0.6 is 0 Å². The third-order valence-corrected chi connectivity index (χ3v) is 5.21. The van der Waals surface area contributed by atoms with Gasteiger partial charge in [-0.05, 0) is 43.5 Å². The van der Waals surface area contributed by atoms with Crippen LogP contribution in [0, 0.1) is 11.3 Å². The van der Waals surface area contributed by atoms with Crippen LogP contribution in [0.15, 0.2) is 36.5 Å². The third kappa shape index (κ3) is 3.57. The Morgan fingerprint density at radius 3 is 2.38 bits per heavy atom. The van der Waals surface area contributed by atoms with Gasteiger partial charge in [-0.15, -0.1) is 0 Å². The van der Waals surface area contributed by atoms with Crippen LogP contribution in [-0.4, -0.2) is 49.2 Å². The molecule has 1 aromatic heterocycles. The van der Waals surface area contributed by atoms with Crippen molar-refractivity contribution in [3.8, 4) is 6.07 Å². The maximum Gasteiger partial charge on any atom is 0.227 e. The lowest BCUT2D eigenvalue weighted by Crippen LogP contribution is -2.47. The molecule has 4 rings (SSSR count). The summed E-state index contributed by atoms with van der Waals surface area (Å²) in [6.45, 7) is 5.79. The van der Waals surface area contributed by atoms with Crippen LogP contribution in [0.2, 0.25) is 0 Å². The molecule has 0 unspecified atom stereocenters. The predicted molar refractivity (Wildman–Crippen MR) is 104 cm³/mol. The van der Waals surface area contributed by atoms with Gasteiger partial charge in [0.1, 0.15) is 5.82 Å². The fraction of sp³-hybridized carbons (Fsp3) is 0.450. The Kier molecular flexibility index (Phi) is 4.87. The number of anilines is 3. The molecule has 134 valence electrons. The van der Waals surface area contributed by atoms with E-state index in [4.69, 9.17) is 10.2 Å². The topological polar surface area (TPSA) is 59.3 Å². The summed E-state index contributed by atoms with van der Waals surface area (Å²) in [4.78, 5) is 16.3. The first-order valence-electron chi connectivity index (χ1n) is 9.41. The second kappa shape index (κ2) is 7.61. The molecule has 0 bridgehead atoms. The highest BCUT2D eigenvalue weighted by Gasteiger charge is 2.21. The second-order valence-corrected chi connectivity index (χ2v) is 6.90. The molecule has 2 aromatic rings. The number of nitrogens with zero attached hydrogens (tertiary/aromatic N) is 6. The molecule has 6 heteroatoms. The van der Waals surface area contributed by atoms with Crippen LogP contribution in [0.25, 0.3) is 0 Å². The zero-order valence-corrected chi connectivity index (χ0v) is 15.0. The highest BCUT2D eigenvalue weighted by atomic mass is 15.3. The molecule has 0 spiro atoms. The van der Waals surface area contributed by atoms with E-state index in [1.807, 2.05) is 30.5 Å². The smallest absolute Gasteiger partial charge is 0.227 e. The number of benzene rings is 1. The summed E-state index contributed by atoms with van der Waals surface area (Å²) >= 11 is 0. The van der Waals surface area contributed by atoms with Gasteiger partial charge in [0, 0.05) is 51.2 Å². The van der Waals surface area contributed by atoms with Gasteiger partial charge in [-0.3, -0.25) is 0 Å². The molecule has 6 nitrogen and oxygen atoms in total. The zero-order valence-electron chi connectivity index (χ0n) is 15.0. The van der Waals surface area contributed by atoms with Crippen molar-refractivity contribution in [2.75, 3.05) is 54.0 Å². The Hall–Kier alpha value is -2.81.